The second-order valence-electron chi connectivity index (χ2n) is 6.21. The van der Waals surface area contributed by atoms with Gasteiger partial charge in [0, 0.05) is 53.2 Å². The largest absolute Gasteiger partial charge is 0.379 e. The predicted molar refractivity (Wildman–Crippen MR) is 99.5 cm³/mol. The average molecular weight is 326 g/mol. The van der Waals surface area contributed by atoms with Gasteiger partial charge < -0.3 is 9.30 Å². The smallest absolute Gasteiger partial charge is 0.0594 e. The fraction of sp³-hybridized carbons (Fsp3) is 0.368. The first-order chi connectivity index (χ1) is 11.3. The molecule has 1 aromatic heterocycles. The number of ether oxygens (including phenoxy) is 1. The lowest BCUT2D eigenvalue weighted by molar-refractivity contribution is 0.0378. The first kappa shape index (κ1) is 15.1. The fourth-order valence-corrected chi connectivity index (χ4v) is 3.94. The summed E-state index contributed by atoms with van der Waals surface area (Å²) in [6.07, 6.45) is 0. The van der Waals surface area contributed by atoms with Crippen molar-refractivity contribution in [3.05, 3.63) is 48.5 Å². The topological polar surface area (TPSA) is 17.4 Å². The lowest BCUT2D eigenvalue weighted by Gasteiger charge is -2.29. The van der Waals surface area contributed by atoms with Crippen molar-refractivity contribution < 1.29 is 4.74 Å². The van der Waals surface area contributed by atoms with E-state index in [1.807, 2.05) is 0 Å². The van der Waals surface area contributed by atoms with Crippen LogP contribution in [-0.4, -0.2) is 47.6 Å². The van der Waals surface area contributed by atoms with E-state index in [4.69, 9.17) is 17.4 Å². The highest BCUT2D eigenvalue weighted by molar-refractivity contribution is 7.81. The molecule has 4 rings (SSSR count). The highest BCUT2D eigenvalue weighted by Crippen LogP contribution is 2.29. The molecule has 1 saturated heterocycles. The van der Waals surface area contributed by atoms with E-state index in [0.29, 0.717) is 5.25 Å². The average Bonchev–Trinajstić information content (AvgIpc) is 2.90. The van der Waals surface area contributed by atoms with E-state index in [2.05, 4.69) is 58.0 Å². The molecule has 2 heterocycles. The minimum atomic E-state index is 0.312. The number of fused-ring (bicyclic) bond motifs is 3. The maximum absolute atomic E-state index is 5.43. The number of aromatic nitrogens is 1. The van der Waals surface area contributed by atoms with Crippen molar-refractivity contribution in [1.82, 2.24) is 9.47 Å². The number of nitrogens with zero attached hydrogens (tertiary/aromatic N) is 2. The molecule has 4 heteroatoms. The molecule has 0 spiro atoms. The highest BCUT2D eigenvalue weighted by Gasteiger charge is 2.17. The zero-order valence-electron chi connectivity index (χ0n) is 13.2. The van der Waals surface area contributed by atoms with E-state index < -0.39 is 0 Å². The summed E-state index contributed by atoms with van der Waals surface area (Å²) in [5.74, 6) is 0. The summed E-state index contributed by atoms with van der Waals surface area (Å²) in [4.78, 5) is 2.45. The number of hydrogen-bond donors (Lipinski definition) is 1. The van der Waals surface area contributed by atoms with Gasteiger partial charge in [0.2, 0.25) is 0 Å². The van der Waals surface area contributed by atoms with Gasteiger partial charge in [-0.05, 0) is 12.1 Å². The second kappa shape index (κ2) is 6.56. The van der Waals surface area contributed by atoms with E-state index in [0.717, 1.165) is 39.4 Å². The molecule has 1 unspecified atom stereocenters. The van der Waals surface area contributed by atoms with Crippen LogP contribution in [0.2, 0.25) is 0 Å². The summed E-state index contributed by atoms with van der Waals surface area (Å²) in [6.45, 7) is 5.65. The Bertz CT molecular complexity index is 754. The van der Waals surface area contributed by atoms with Crippen LogP contribution in [0.15, 0.2) is 48.5 Å². The molecule has 1 fully saturated rings. The van der Waals surface area contributed by atoms with Crippen molar-refractivity contribution in [2.45, 2.75) is 11.8 Å². The monoisotopic (exact) mass is 326 g/mol. The van der Waals surface area contributed by atoms with Crippen LogP contribution in [-0.2, 0) is 11.3 Å². The van der Waals surface area contributed by atoms with Crippen LogP contribution in [0.3, 0.4) is 0 Å². The molecule has 2 aromatic carbocycles. The van der Waals surface area contributed by atoms with Gasteiger partial charge in [0.15, 0.2) is 0 Å². The Morgan fingerprint density at radius 1 is 0.870 bits per heavy atom. The van der Waals surface area contributed by atoms with Crippen molar-refractivity contribution in [2.75, 3.05) is 32.8 Å². The minimum Gasteiger partial charge on any atom is -0.379 e. The van der Waals surface area contributed by atoms with Crippen LogP contribution >= 0.6 is 12.6 Å². The molecular weight excluding hydrogens is 304 g/mol. The predicted octanol–water partition coefficient (Wildman–Crippen LogP) is 3.43. The normalized spacial score (nSPS) is 17.8. The van der Waals surface area contributed by atoms with Crippen molar-refractivity contribution in [1.29, 1.82) is 0 Å². The molecule has 0 aliphatic carbocycles. The van der Waals surface area contributed by atoms with Gasteiger partial charge in [0.1, 0.15) is 0 Å². The molecule has 3 nitrogen and oxygen atoms in total. The molecule has 23 heavy (non-hydrogen) atoms. The van der Waals surface area contributed by atoms with E-state index in [1.165, 1.54) is 21.8 Å². The van der Waals surface area contributed by atoms with Crippen molar-refractivity contribution in [2.24, 2.45) is 0 Å². The van der Waals surface area contributed by atoms with Crippen molar-refractivity contribution in [3.8, 4) is 0 Å². The van der Waals surface area contributed by atoms with E-state index in [1.54, 1.807) is 0 Å². The van der Waals surface area contributed by atoms with Crippen LogP contribution in [0.5, 0.6) is 0 Å². The Kier molecular flexibility index (Phi) is 4.29. The summed E-state index contributed by atoms with van der Waals surface area (Å²) in [7, 11) is 0. The number of benzene rings is 2. The maximum atomic E-state index is 5.43. The third-order valence-electron chi connectivity index (χ3n) is 4.65. The second-order valence-corrected chi connectivity index (χ2v) is 6.94. The molecule has 0 saturated carbocycles. The Morgan fingerprint density at radius 2 is 1.43 bits per heavy atom. The van der Waals surface area contributed by atoms with Gasteiger partial charge in [0.05, 0.1) is 13.2 Å². The Labute approximate surface area is 142 Å². The summed E-state index contributed by atoms with van der Waals surface area (Å²) < 4.78 is 7.85. The molecule has 0 amide bonds. The fourth-order valence-electron chi connectivity index (χ4n) is 3.55. The minimum absolute atomic E-state index is 0.312. The maximum Gasteiger partial charge on any atom is 0.0594 e. The molecular formula is C19H22N2OS. The molecule has 0 bridgehead atoms. The number of thiol groups is 1. The van der Waals surface area contributed by atoms with Gasteiger partial charge in [-0.2, -0.15) is 12.6 Å². The third kappa shape index (κ3) is 2.99. The van der Waals surface area contributed by atoms with Gasteiger partial charge in [-0.3, -0.25) is 4.90 Å². The number of para-hydroxylation sites is 2. The van der Waals surface area contributed by atoms with Gasteiger partial charge in [-0.15, -0.1) is 0 Å². The van der Waals surface area contributed by atoms with Crippen LogP contribution in [0, 0.1) is 0 Å². The van der Waals surface area contributed by atoms with Crippen LogP contribution in [0.1, 0.15) is 0 Å². The van der Waals surface area contributed by atoms with Gasteiger partial charge in [0.25, 0.3) is 0 Å². The highest BCUT2D eigenvalue weighted by atomic mass is 32.1. The van der Waals surface area contributed by atoms with Gasteiger partial charge >= 0.3 is 0 Å². The van der Waals surface area contributed by atoms with Gasteiger partial charge in [-0.1, -0.05) is 36.4 Å². The Morgan fingerprint density at radius 3 is 2.04 bits per heavy atom. The first-order valence-electron chi connectivity index (χ1n) is 8.27. The van der Waals surface area contributed by atoms with Crippen LogP contribution < -0.4 is 0 Å². The molecule has 1 aliphatic heterocycles. The Hall–Kier alpha value is -1.49. The van der Waals surface area contributed by atoms with E-state index in [9.17, 15) is 0 Å². The number of hydrogen-bond acceptors (Lipinski definition) is 3. The zero-order valence-corrected chi connectivity index (χ0v) is 14.1. The lowest BCUT2D eigenvalue weighted by Crippen LogP contribution is -2.40. The Balaban J connectivity index is 1.64. The van der Waals surface area contributed by atoms with E-state index >= 15 is 0 Å². The standard InChI is InChI=1S/C19H22N2OS/c23-15(13-20-9-11-22-12-10-20)14-21-18-7-3-1-5-16(18)17-6-2-4-8-19(17)21/h1-8,15,23H,9-14H2. The molecule has 1 atom stereocenters. The summed E-state index contributed by atoms with van der Waals surface area (Å²) >= 11 is 4.87. The summed E-state index contributed by atoms with van der Waals surface area (Å²) in [5.41, 5.74) is 2.60. The van der Waals surface area contributed by atoms with Crippen LogP contribution in [0.4, 0.5) is 0 Å². The third-order valence-corrected chi connectivity index (χ3v) is 4.97. The number of morpholine rings is 1. The molecule has 0 radical (unpaired) electrons. The summed E-state index contributed by atoms with van der Waals surface area (Å²) in [5, 5.41) is 2.97. The molecule has 120 valence electrons. The molecule has 0 N–H and O–H groups in total. The zero-order chi connectivity index (χ0) is 15.6. The van der Waals surface area contributed by atoms with Crippen molar-refractivity contribution in [3.63, 3.8) is 0 Å². The summed E-state index contributed by atoms with van der Waals surface area (Å²) in [6, 6.07) is 17.3. The van der Waals surface area contributed by atoms with Gasteiger partial charge in [-0.25, -0.2) is 0 Å². The molecule has 3 aromatic rings. The quantitative estimate of drug-likeness (QED) is 0.740. The molecule has 1 aliphatic rings. The van der Waals surface area contributed by atoms with Crippen molar-refractivity contribution >= 4 is 34.4 Å². The lowest BCUT2D eigenvalue weighted by atomic mass is 10.2. The SMILES string of the molecule is SC(CN1CCOCC1)Cn1c2ccccc2c2ccccc21. The number of rotatable bonds is 4. The first-order valence-corrected chi connectivity index (χ1v) is 8.79. The van der Waals surface area contributed by atoms with E-state index in [-0.39, 0.29) is 0 Å². The van der Waals surface area contributed by atoms with Crippen LogP contribution in [0.25, 0.3) is 21.8 Å².